The van der Waals surface area contributed by atoms with E-state index in [1.54, 1.807) is 35.6 Å². The molecule has 37 heavy (non-hydrogen) atoms. The van der Waals surface area contributed by atoms with Gasteiger partial charge in [0.25, 0.3) is 5.91 Å². The molecule has 7 nitrogen and oxygen atoms in total. The Morgan fingerprint density at radius 2 is 1.78 bits per heavy atom. The molecule has 0 saturated heterocycles. The van der Waals surface area contributed by atoms with E-state index in [1.165, 1.54) is 13.2 Å². The van der Waals surface area contributed by atoms with Crippen LogP contribution in [-0.2, 0) is 32.7 Å². The Labute approximate surface area is 216 Å². The number of benzene rings is 1. The average Bonchev–Trinajstić information content (AvgIpc) is 3.43. The number of hydrogen-bond acceptors (Lipinski definition) is 4. The summed E-state index contributed by atoms with van der Waals surface area (Å²) >= 11 is 6.04. The molecule has 0 spiro atoms. The zero-order chi connectivity index (χ0) is 26.5. The topological polar surface area (TPSA) is 68.8 Å². The van der Waals surface area contributed by atoms with Gasteiger partial charge in [0.15, 0.2) is 5.69 Å². The number of alkyl halides is 3. The Morgan fingerprint density at radius 3 is 2.46 bits per heavy atom. The monoisotopic (exact) mass is 528 g/mol. The Morgan fingerprint density at radius 1 is 1.03 bits per heavy atom. The number of amides is 1. The first-order valence-corrected chi connectivity index (χ1v) is 12.0. The third-order valence-electron chi connectivity index (χ3n) is 6.57. The molecule has 0 saturated carbocycles. The van der Waals surface area contributed by atoms with Crippen molar-refractivity contribution in [3.63, 3.8) is 0 Å². The molecule has 0 unspecified atom stereocenters. The zero-order valence-corrected chi connectivity index (χ0v) is 21.2. The molecular weight excluding hydrogens is 505 g/mol. The van der Waals surface area contributed by atoms with Crippen molar-refractivity contribution in [2.45, 2.75) is 39.5 Å². The molecule has 5 rings (SSSR count). The van der Waals surface area contributed by atoms with Crippen molar-refractivity contribution in [2.24, 2.45) is 7.05 Å². The number of imidazole rings is 1. The number of aryl methyl sites for hydroxylation is 3. The Balaban J connectivity index is 1.60. The van der Waals surface area contributed by atoms with Crippen LogP contribution in [0.5, 0.6) is 0 Å². The maximum atomic E-state index is 13.9. The van der Waals surface area contributed by atoms with Gasteiger partial charge in [-0.3, -0.25) is 9.48 Å². The molecule has 192 valence electrons. The predicted molar refractivity (Wildman–Crippen MR) is 132 cm³/mol. The fourth-order valence-electron chi connectivity index (χ4n) is 4.78. The van der Waals surface area contributed by atoms with Crippen LogP contribution < -0.4 is 0 Å². The molecule has 0 aliphatic carbocycles. The molecule has 0 atom stereocenters. The van der Waals surface area contributed by atoms with Crippen LogP contribution in [0, 0.1) is 13.8 Å². The molecule has 0 radical (unpaired) electrons. The molecule has 0 fully saturated rings. The van der Waals surface area contributed by atoms with E-state index < -0.39 is 11.9 Å². The quantitative estimate of drug-likeness (QED) is 0.333. The van der Waals surface area contributed by atoms with Crippen LogP contribution in [0.3, 0.4) is 0 Å². The van der Waals surface area contributed by atoms with Gasteiger partial charge in [-0.2, -0.15) is 18.3 Å². The summed E-state index contributed by atoms with van der Waals surface area (Å²) in [5, 5.41) is 4.10. The zero-order valence-electron chi connectivity index (χ0n) is 20.5. The first-order valence-electron chi connectivity index (χ1n) is 11.7. The number of pyridine rings is 1. The Bertz CT molecular complexity index is 1510. The molecule has 4 aromatic rings. The molecule has 1 aliphatic rings. The highest BCUT2D eigenvalue weighted by Crippen LogP contribution is 2.40. The average molecular weight is 529 g/mol. The maximum Gasteiger partial charge on any atom is 0.435 e. The lowest BCUT2D eigenvalue weighted by molar-refractivity contribution is -0.140. The third kappa shape index (κ3) is 4.85. The number of aromatic nitrogens is 5. The summed E-state index contributed by atoms with van der Waals surface area (Å²) in [6.45, 7) is 4.74. The van der Waals surface area contributed by atoms with Gasteiger partial charge >= 0.3 is 6.18 Å². The minimum atomic E-state index is -4.63. The van der Waals surface area contributed by atoms with Crippen molar-refractivity contribution < 1.29 is 18.0 Å². The van der Waals surface area contributed by atoms with Crippen molar-refractivity contribution in [3.05, 3.63) is 87.5 Å². The van der Waals surface area contributed by atoms with E-state index in [0.29, 0.717) is 53.5 Å². The number of halogens is 4. The van der Waals surface area contributed by atoms with Gasteiger partial charge < -0.3 is 9.47 Å². The molecule has 0 bridgehead atoms. The summed E-state index contributed by atoms with van der Waals surface area (Å²) in [5.74, 6) is 0.520. The SMILES string of the molecule is Cc1cc(CN2CCc3c(cc(Cn4ccnc4C)cc3-c3cn(C)nc3C(F)(F)F)C2=O)cnc1Cl. The van der Waals surface area contributed by atoms with Crippen LogP contribution in [0.1, 0.15) is 44.1 Å². The van der Waals surface area contributed by atoms with E-state index in [2.05, 4.69) is 15.1 Å². The van der Waals surface area contributed by atoms with Crippen LogP contribution in [0.15, 0.2) is 43.0 Å². The van der Waals surface area contributed by atoms with E-state index in [1.807, 2.05) is 24.5 Å². The lowest BCUT2D eigenvalue weighted by Crippen LogP contribution is -2.37. The van der Waals surface area contributed by atoms with Gasteiger partial charge in [-0.1, -0.05) is 11.6 Å². The molecule has 3 aromatic heterocycles. The minimum Gasteiger partial charge on any atom is -0.334 e. The Hall–Kier alpha value is -3.66. The van der Waals surface area contributed by atoms with Gasteiger partial charge in [0.2, 0.25) is 0 Å². The van der Waals surface area contributed by atoms with E-state index in [-0.39, 0.29) is 11.5 Å². The van der Waals surface area contributed by atoms with Crippen LogP contribution in [0.25, 0.3) is 11.1 Å². The summed E-state index contributed by atoms with van der Waals surface area (Å²) < 4.78 is 44.7. The maximum absolute atomic E-state index is 13.9. The lowest BCUT2D eigenvalue weighted by Gasteiger charge is -2.30. The molecule has 0 N–H and O–H groups in total. The molecular formula is C26H24ClF3N6O. The molecule has 1 aliphatic heterocycles. The highest BCUT2D eigenvalue weighted by molar-refractivity contribution is 6.30. The number of carbonyl (C=O) groups is 1. The molecule has 4 heterocycles. The number of rotatable bonds is 5. The minimum absolute atomic E-state index is 0.0331. The normalized spacial score (nSPS) is 13.8. The van der Waals surface area contributed by atoms with Crippen molar-refractivity contribution in [1.82, 2.24) is 29.2 Å². The lowest BCUT2D eigenvalue weighted by atomic mass is 9.88. The second kappa shape index (κ2) is 9.33. The number of hydrogen-bond donors (Lipinski definition) is 0. The Kier molecular flexibility index (Phi) is 6.31. The smallest absolute Gasteiger partial charge is 0.334 e. The van der Waals surface area contributed by atoms with Crippen molar-refractivity contribution in [3.8, 4) is 11.1 Å². The van der Waals surface area contributed by atoms with Gasteiger partial charge in [-0.15, -0.1) is 0 Å². The summed E-state index contributed by atoms with van der Waals surface area (Å²) in [5.41, 5.74) is 2.70. The van der Waals surface area contributed by atoms with Gasteiger partial charge in [-0.05, 0) is 66.3 Å². The van der Waals surface area contributed by atoms with E-state index in [4.69, 9.17) is 11.6 Å². The molecule has 1 amide bonds. The van der Waals surface area contributed by atoms with Crippen LogP contribution in [-0.4, -0.2) is 41.7 Å². The van der Waals surface area contributed by atoms with Crippen LogP contribution in [0.2, 0.25) is 5.15 Å². The van der Waals surface area contributed by atoms with E-state index in [9.17, 15) is 18.0 Å². The highest BCUT2D eigenvalue weighted by atomic mass is 35.5. The highest BCUT2D eigenvalue weighted by Gasteiger charge is 2.39. The summed E-state index contributed by atoms with van der Waals surface area (Å²) in [6, 6.07) is 5.40. The number of carbonyl (C=O) groups excluding carboxylic acids is 1. The second-order valence-corrected chi connectivity index (χ2v) is 9.62. The van der Waals surface area contributed by atoms with E-state index >= 15 is 0 Å². The third-order valence-corrected chi connectivity index (χ3v) is 6.96. The largest absolute Gasteiger partial charge is 0.435 e. The van der Waals surface area contributed by atoms with Crippen molar-refractivity contribution in [1.29, 1.82) is 0 Å². The fraction of sp³-hybridized carbons (Fsp3) is 0.308. The van der Waals surface area contributed by atoms with E-state index in [0.717, 1.165) is 21.6 Å². The number of nitrogens with zero attached hydrogens (tertiary/aromatic N) is 6. The van der Waals surface area contributed by atoms with Crippen LogP contribution >= 0.6 is 11.6 Å². The fourth-order valence-corrected chi connectivity index (χ4v) is 4.88. The van der Waals surface area contributed by atoms with Gasteiger partial charge in [0, 0.05) is 62.6 Å². The van der Waals surface area contributed by atoms with Crippen molar-refractivity contribution in [2.75, 3.05) is 6.54 Å². The molecule has 11 heteroatoms. The first-order chi connectivity index (χ1) is 17.5. The summed E-state index contributed by atoms with van der Waals surface area (Å²) in [7, 11) is 1.46. The summed E-state index contributed by atoms with van der Waals surface area (Å²) in [4.78, 5) is 23.8. The molecule has 1 aromatic carbocycles. The first kappa shape index (κ1) is 25.0. The summed E-state index contributed by atoms with van der Waals surface area (Å²) in [6.07, 6.45) is 2.23. The predicted octanol–water partition coefficient (Wildman–Crippen LogP) is 5.21. The van der Waals surface area contributed by atoms with Gasteiger partial charge in [0.1, 0.15) is 11.0 Å². The number of fused-ring (bicyclic) bond motifs is 1. The van der Waals surface area contributed by atoms with Crippen molar-refractivity contribution >= 4 is 17.5 Å². The standard InChI is InChI=1S/C26H24ClF3N6O/c1-15-8-18(11-32-24(15)27)13-36-6-4-19-20(22-14-34(3)33-23(22)26(28,29)30)9-17(10-21(19)25(36)37)12-35-7-5-31-16(35)2/h5,7-11,14H,4,6,12-13H2,1-3H3. The van der Waals surface area contributed by atoms with Crippen LogP contribution in [0.4, 0.5) is 13.2 Å². The van der Waals surface area contributed by atoms with Gasteiger partial charge in [-0.25, -0.2) is 9.97 Å². The second-order valence-electron chi connectivity index (χ2n) is 9.26. The van der Waals surface area contributed by atoms with Gasteiger partial charge in [0.05, 0.1) is 0 Å².